The quantitative estimate of drug-likeness (QED) is 0.443. The van der Waals surface area contributed by atoms with Crippen LogP contribution in [0.5, 0.6) is 0 Å². The summed E-state index contributed by atoms with van der Waals surface area (Å²) in [4.78, 5) is 0. The number of hydrogen-bond donors (Lipinski definition) is 0. The van der Waals surface area contributed by atoms with E-state index >= 15 is 0 Å². The number of aryl methyl sites for hydroxylation is 1. The first-order chi connectivity index (χ1) is 13.6. The molecule has 0 nitrogen and oxygen atoms in total. The Hall–Kier alpha value is -1.08. The van der Waals surface area contributed by atoms with Gasteiger partial charge in [-0.15, -0.1) is 0 Å². The standard InChI is InChI=1S/C28H42Si/c1-17-12-14-23(15-13-17)24-10-9-11-25-26(24)16-18(2)27(25)29(7,8)28-21(5)19(3)20(4)22(28)6/h9-15,18-22,25-28H,16H2,1-8H3. The van der Waals surface area contributed by atoms with E-state index in [4.69, 9.17) is 0 Å². The van der Waals surface area contributed by atoms with E-state index < -0.39 is 8.07 Å². The predicted octanol–water partition coefficient (Wildman–Crippen LogP) is 8.23. The van der Waals surface area contributed by atoms with Crippen LogP contribution in [0.25, 0.3) is 5.57 Å². The van der Waals surface area contributed by atoms with Crippen LogP contribution < -0.4 is 0 Å². The molecule has 1 aromatic rings. The summed E-state index contributed by atoms with van der Waals surface area (Å²) in [6.07, 6.45) is 8.78. The van der Waals surface area contributed by atoms with Crippen LogP contribution in [0.2, 0.25) is 24.2 Å². The lowest BCUT2D eigenvalue weighted by Crippen LogP contribution is -2.45. The SMILES string of the molecule is Cc1ccc(C2=CC=CC3C2CC(C)C3[Si](C)(C)C2C(C)C(C)C(C)C2C)cc1. The average Bonchev–Trinajstić information content (AvgIpc) is 3.12. The molecule has 4 rings (SSSR count). The normalized spacial score (nSPS) is 42.1. The highest BCUT2D eigenvalue weighted by molar-refractivity contribution is 6.80. The molecule has 0 radical (unpaired) electrons. The van der Waals surface area contributed by atoms with Gasteiger partial charge >= 0.3 is 0 Å². The van der Waals surface area contributed by atoms with Gasteiger partial charge in [-0.1, -0.05) is 95.8 Å². The molecule has 0 aliphatic heterocycles. The Bertz CT molecular complexity index is 784. The molecule has 8 atom stereocenters. The third-order valence-electron chi connectivity index (χ3n) is 9.85. The second kappa shape index (κ2) is 7.56. The monoisotopic (exact) mass is 406 g/mol. The van der Waals surface area contributed by atoms with Crippen molar-refractivity contribution in [3.8, 4) is 0 Å². The van der Waals surface area contributed by atoms with Crippen molar-refractivity contribution >= 4 is 13.6 Å². The fourth-order valence-electron chi connectivity index (χ4n) is 8.29. The van der Waals surface area contributed by atoms with Crippen molar-refractivity contribution in [3.05, 3.63) is 53.6 Å². The third-order valence-corrected chi connectivity index (χ3v) is 15.3. The van der Waals surface area contributed by atoms with Crippen LogP contribution in [-0.4, -0.2) is 8.07 Å². The van der Waals surface area contributed by atoms with Gasteiger partial charge in [-0.2, -0.15) is 0 Å². The van der Waals surface area contributed by atoms with Gasteiger partial charge in [-0.25, -0.2) is 0 Å². The average molecular weight is 407 g/mol. The second-order valence-corrected chi connectivity index (χ2v) is 16.6. The molecule has 0 N–H and O–H groups in total. The lowest BCUT2D eigenvalue weighted by Gasteiger charge is -2.45. The summed E-state index contributed by atoms with van der Waals surface area (Å²) in [5.41, 5.74) is 6.28. The molecule has 1 aromatic carbocycles. The highest BCUT2D eigenvalue weighted by Gasteiger charge is 2.57. The zero-order valence-electron chi connectivity index (χ0n) is 19.9. The van der Waals surface area contributed by atoms with E-state index in [0.717, 1.165) is 52.5 Å². The summed E-state index contributed by atoms with van der Waals surface area (Å²) in [6.45, 7) is 20.5. The van der Waals surface area contributed by atoms with E-state index in [1.165, 1.54) is 17.5 Å². The molecule has 0 saturated heterocycles. The van der Waals surface area contributed by atoms with Crippen molar-refractivity contribution in [2.24, 2.45) is 41.4 Å². The van der Waals surface area contributed by atoms with Gasteiger partial charge < -0.3 is 0 Å². The first-order valence-electron chi connectivity index (χ1n) is 12.1. The third kappa shape index (κ3) is 3.32. The van der Waals surface area contributed by atoms with Crippen molar-refractivity contribution in [3.63, 3.8) is 0 Å². The Morgan fingerprint density at radius 2 is 1.38 bits per heavy atom. The molecule has 0 aromatic heterocycles. The molecule has 2 saturated carbocycles. The molecule has 3 aliphatic rings. The van der Waals surface area contributed by atoms with Gasteiger partial charge in [0, 0.05) is 0 Å². The number of benzene rings is 1. The zero-order valence-corrected chi connectivity index (χ0v) is 20.9. The number of rotatable bonds is 3. The molecule has 29 heavy (non-hydrogen) atoms. The molecule has 0 amide bonds. The molecular formula is C28H42Si. The fraction of sp³-hybridized carbons (Fsp3) is 0.643. The maximum Gasteiger partial charge on any atom is 0.0550 e. The Morgan fingerprint density at radius 1 is 0.793 bits per heavy atom. The van der Waals surface area contributed by atoms with Crippen LogP contribution in [0.15, 0.2) is 42.5 Å². The molecule has 158 valence electrons. The van der Waals surface area contributed by atoms with E-state index in [1.807, 2.05) is 0 Å². The number of allylic oxidation sites excluding steroid dienone is 4. The molecule has 0 spiro atoms. The predicted molar refractivity (Wildman–Crippen MR) is 131 cm³/mol. The first-order valence-corrected chi connectivity index (χ1v) is 15.3. The lowest BCUT2D eigenvalue weighted by atomic mass is 9.81. The minimum atomic E-state index is -1.44. The molecule has 2 fully saturated rings. The van der Waals surface area contributed by atoms with Crippen LogP contribution in [0, 0.1) is 48.3 Å². The summed E-state index contributed by atoms with van der Waals surface area (Å²) in [5, 5.41) is 0. The number of hydrogen-bond acceptors (Lipinski definition) is 0. The summed E-state index contributed by atoms with van der Waals surface area (Å²) in [5.74, 6) is 5.82. The van der Waals surface area contributed by atoms with Gasteiger partial charge in [0.1, 0.15) is 0 Å². The van der Waals surface area contributed by atoms with Crippen molar-refractivity contribution in [2.75, 3.05) is 0 Å². The van der Waals surface area contributed by atoms with Crippen LogP contribution in [0.3, 0.4) is 0 Å². The Labute approximate surface area is 180 Å². The van der Waals surface area contributed by atoms with Gasteiger partial charge in [0.15, 0.2) is 0 Å². The maximum atomic E-state index is 2.76. The molecule has 0 bridgehead atoms. The van der Waals surface area contributed by atoms with Crippen molar-refractivity contribution < 1.29 is 0 Å². The van der Waals surface area contributed by atoms with E-state index in [9.17, 15) is 0 Å². The van der Waals surface area contributed by atoms with Crippen molar-refractivity contribution in [1.29, 1.82) is 0 Å². The minimum absolute atomic E-state index is 0.719. The Balaban J connectivity index is 1.66. The second-order valence-electron chi connectivity index (χ2n) is 11.6. The lowest BCUT2D eigenvalue weighted by molar-refractivity contribution is 0.352. The maximum absolute atomic E-state index is 2.76. The molecule has 0 heterocycles. The molecular weight excluding hydrogens is 364 g/mol. The van der Waals surface area contributed by atoms with Gasteiger partial charge in [0.05, 0.1) is 8.07 Å². The van der Waals surface area contributed by atoms with Crippen LogP contribution in [0.1, 0.15) is 52.2 Å². The van der Waals surface area contributed by atoms with Gasteiger partial charge in [-0.3, -0.25) is 0 Å². The number of fused-ring (bicyclic) bond motifs is 1. The zero-order chi connectivity index (χ0) is 21.1. The van der Waals surface area contributed by atoms with Crippen LogP contribution in [0.4, 0.5) is 0 Å². The Kier molecular flexibility index (Phi) is 5.51. The molecule has 8 unspecified atom stereocenters. The largest absolute Gasteiger partial charge is 0.0808 e. The minimum Gasteiger partial charge on any atom is -0.0808 e. The van der Waals surface area contributed by atoms with Gasteiger partial charge in [0.25, 0.3) is 0 Å². The summed E-state index contributed by atoms with van der Waals surface area (Å²) in [7, 11) is -1.44. The highest BCUT2D eigenvalue weighted by atomic mass is 28.3. The van der Waals surface area contributed by atoms with E-state index in [-0.39, 0.29) is 0 Å². The smallest absolute Gasteiger partial charge is 0.0550 e. The van der Waals surface area contributed by atoms with Gasteiger partial charge in [-0.05, 0) is 77.0 Å². The summed E-state index contributed by atoms with van der Waals surface area (Å²) < 4.78 is 0. The van der Waals surface area contributed by atoms with Crippen LogP contribution in [-0.2, 0) is 0 Å². The van der Waals surface area contributed by atoms with E-state index in [0.29, 0.717) is 0 Å². The Morgan fingerprint density at radius 3 is 1.97 bits per heavy atom. The van der Waals surface area contributed by atoms with E-state index in [2.05, 4.69) is 97.1 Å². The summed E-state index contributed by atoms with van der Waals surface area (Å²) >= 11 is 0. The first kappa shape index (κ1) is 21.2. The fourth-order valence-corrected chi connectivity index (χ4v) is 15.0. The van der Waals surface area contributed by atoms with Crippen LogP contribution >= 0.6 is 0 Å². The van der Waals surface area contributed by atoms with Crippen molar-refractivity contribution in [1.82, 2.24) is 0 Å². The topological polar surface area (TPSA) is 0 Å². The molecule has 3 aliphatic carbocycles. The van der Waals surface area contributed by atoms with Crippen molar-refractivity contribution in [2.45, 2.75) is 72.1 Å². The summed E-state index contributed by atoms with van der Waals surface area (Å²) in [6, 6.07) is 9.26. The van der Waals surface area contributed by atoms with Gasteiger partial charge in [0.2, 0.25) is 0 Å². The molecule has 1 heteroatoms. The van der Waals surface area contributed by atoms with E-state index in [1.54, 1.807) is 5.57 Å². The highest BCUT2D eigenvalue weighted by Crippen LogP contribution is 2.63.